The smallest absolute Gasteiger partial charge is 0.328 e. The van der Waals surface area contributed by atoms with Gasteiger partial charge in [0.2, 0.25) is 35.4 Å². The highest BCUT2D eigenvalue weighted by Gasteiger charge is 2.33. The molecule has 0 spiro atoms. The van der Waals surface area contributed by atoms with E-state index < -0.39 is 103 Å². The number of amides is 6. The number of benzene rings is 1. The third kappa shape index (κ3) is 22.0. The van der Waals surface area contributed by atoms with Gasteiger partial charge < -0.3 is 57.3 Å². The van der Waals surface area contributed by atoms with Crippen LogP contribution in [0.25, 0.3) is 0 Å². The van der Waals surface area contributed by atoms with Crippen molar-refractivity contribution in [2.45, 2.75) is 159 Å². The minimum absolute atomic E-state index is 0.0875. The van der Waals surface area contributed by atoms with Crippen LogP contribution in [-0.2, 0) is 51.2 Å². The van der Waals surface area contributed by atoms with Crippen LogP contribution in [-0.4, -0.2) is 127 Å². The lowest BCUT2D eigenvalue weighted by atomic mass is 10.0. The molecule has 11 N–H and O–H groups in total. The number of carbonyl (C=O) groups is 8. The Morgan fingerprint density at radius 2 is 1.06 bits per heavy atom. The van der Waals surface area contributed by atoms with Crippen molar-refractivity contribution in [3.05, 3.63) is 54.1 Å². The quantitative estimate of drug-likeness (QED) is 0.0440. The van der Waals surface area contributed by atoms with Crippen molar-refractivity contribution in [1.29, 1.82) is 0 Å². The Labute approximate surface area is 373 Å². The Morgan fingerprint density at radius 3 is 1.58 bits per heavy atom. The highest BCUT2D eigenvalue weighted by Crippen LogP contribution is 2.13. The number of carboxylic acids is 2. The summed E-state index contributed by atoms with van der Waals surface area (Å²) in [5.74, 6) is -8.24. The molecule has 2 rings (SSSR count). The van der Waals surface area contributed by atoms with E-state index in [-0.39, 0.29) is 19.3 Å². The lowest BCUT2D eigenvalue weighted by molar-refractivity contribution is -0.143. The minimum atomic E-state index is -1.69. The molecule has 64 heavy (non-hydrogen) atoms. The van der Waals surface area contributed by atoms with Crippen molar-refractivity contribution in [2.24, 2.45) is 0 Å². The summed E-state index contributed by atoms with van der Waals surface area (Å²) in [7, 11) is 0. The van der Waals surface area contributed by atoms with Crippen molar-refractivity contribution in [3.63, 3.8) is 0 Å². The number of H-pyrrole nitrogens is 1. The van der Waals surface area contributed by atoms with E-state index in [1.165, 1.54) is 70.8 Å². The molecule has 356 valence electrons. The predicted molar refractivity (Wildman–Crippen MR) is 234 cm³/mol. The Kier molecular flexibility index (Phi) is 26.3. The van der Waals surface area contributed by atoms with Crippen molar-refractivity contribution in [1.82, 2.24) is 41.9 Å². The van der Waals surface area contributed by atoms with Gasteiger partial charge in [-0.25, -0.2) is 9.78 Å². The number of aromatic nitrogens is 2. The molecule has 6 atom stereocenters. The Morgan fingerprint density at radius 1 is 0.578 bits per heavy atom. The number of aromatic amines is 1. The van der Waals surface area contributed by atoms with Crippen LogP contribution in [0, 0.1) is 0 Å². The Bertz CT molecular complexity index is 1750. The molecule has 1 aromatic heterocycles. The number of imidazole rings is 1. The van der Waals surface area contributed by atoms with Gasteiger partial charge in [-0.3, -0.25) is 33.6 Å². The van der Waals surface area contributed by atoms with E-state index in [4.69, 9.17) is 0 Å². The molecule has 0 saturated carbocycles. The number of aliphatic hydroxyl groups excluding tert-OH is 2. The number of aliphatic hydroxyl groups is 2. The van der Waals surface area contributed by atoms with Gasteiger partial charge in [-0.2, -0.15) is 0 Å². The fourth-order valence-electron chi connectivity index (χ4n) is 6.71. The summed E-state index contributed by atoms with van der Waals surface area (Å²) in [6.45, 7) is 1.57. The van der Waals surface area contributed by atoms with E-state index in [1.807, 2.05) is 0 Å². The molecule has 0 fully saturated rings. The average Bonchev–Trinajstić information content (AvgIpc) is 3.78. The van der Waals surface area contributed by atoms with E-state index in [0.717, 1.165) is 25.7 Å². The van der Waals surface area contributed by atoms with Crippen LogP contribution in [0.15, 0.2) is 42.9 Å². The zero-order valence-electron chi connectivity index (χ0n) is 36.9. The van der Waals surface area contributed by atoms with Gasteiger partial charge in [-0.15, -0.1) is 0 Å². The maximum absolute atomic E-state index is 13.7. The number of carboxylic acid groups (broad SMARTS) is 2. The third-order valence-corrected chi connectivity index (χ3v) is 10.4. The van der Waals surface area contributed by atoms with Gasteiger partial charge in [0.05, 0.1) is 26.0 Å². The van der Waals surface area contributed by atoms with Crippen LogP contribution in [0.4, 0.5) is 0 Å². The molecule has 0 aliphatic heterocycles. The number of nitrogens with zero attached hydrogens (tertiary/aromatic N) is 1. The summed E-state index contributed by atoms with van der Waals surface area (Å²) in [5.41, 5.74) is 0.931. The molecule has 1 aromatic carbocycles. The lowest BCUT2D eigenvalue weighted by Gasteiger charge is -2.26. The van der Waals surface area contributed by atoms with Crippen LogP contribution in [0.2, 0.25) is 0 Å². The largest absolute Gasteiger partial charge is 0.481 e. The molecule has 1 heterocycles. The molecule has 20 nitrogen and oxygen atoms in total. The number of carbonyl (C=O) groups excluding carboxylic acids is 6. The molecular weight excluding hydrogens is 833 g/mol. The standard InChI is InChI=1S/C44H68N8O12/c1-3-4-5-6-7-8-9-10-11-12-13-14-18-21-37(55)48-34(24-38(56)57)40(59)47-29(2)39(58)49-33(23-31-25-45-28-46-31)42(61)51-35(26-53)43(62)50-32(22-30-19-16-15-17-20-30)41(60)52-36(27-54)44(63)64/h15-17,19-20,25,28-29,32-36,53-54H,3-14,18,21-24,26-27H2,1-2H3,(H,45,46)(H,47,59)(H,48,55)(H,49,58)(H,50,62)(H,51,61)(H,52,60)(H,56,57)(H,63,64)/t29-,32-,33?,34-,35-,36-/m0/s1. The molecule has 20 heteroatoms. The molecule has 0 aliphatic carbocycles. The van der Waals surface area contributed by atoms with Crippen molar-refractivity contribution in [2.75, 3.05) is 13.2 Å². The Hall–Kier alpha value is -5.89. The third-order valence-electron chi connectivity index (χ3n) is 10.4. The van der Waals surface area contributed by atoms with Crippen LogP contribution in [0.1, 0.15) is 121 Å². The van der Waals surface area contributed by atoms with Crippen LogP contribution >= 0.6 is 0 Å². The van der Waals surface area contributed by atoms with E-state index in [1.54, 1.807) is 30.3 Å². The summed E-state index contributed by atoms with van der Waals surface area (Å²) >= 11 is 0. The fraction of sp³-hybridized carbons (Fsp3) is 0.614. The fourth-order valence-corrected chi connectivity index (χ4v) is 6.71. The first-order valence-electron chi connectivity index (χ1n) is 22.2. The monoisotopic (exact) mass is 900 g/mol. The molecule has 0 saturated heterocycles. The first-order valence-corrected chi connectivity index (χ1v) is 22.2. The van der Waals surface area contributed by atoms with Gasteiger partial charge >= 0.3 is 11.9 Å². The zero-order chi connectivity index (χ0) is 47.3. The minimum Gasteiger partial charge on any atom is -0.481 e. The lowest BCUT2D eigenvalue weighted by Crippen LogP contribution is -2.60. The van der Waals surface area contributed by atoms with Crippen molar-refractivity contribution >= 4 is 47.4 Å². The molecule has 1 unspecified atom stereocenters. The second kappa shape index (κ2) is 31.0. The molecule has 6 amide bonds. The number of rotatable bonds is 34. The molecule has 0 aliphatic rings. The number of aliphatic carboxylic acids is 2. The molecule has 0 radical (unpaired) electrons. The molecular formula is C44H68N8O12. The van der Waals surface area contributed by atoms with Crippen molar-refractivity contribution in [3.8, 4) is 0 Å². The average molecular weight is 901 g/mol. The summed E-state index contributed by atoms with van der Waals surface area (Å²) in [5, 5.41) is 52.5. The van der Waals surface area contributed by atoms with Gasteiger partial charge in [0.15, 0.2) is 0 Å². The number of nitrogens with one attached hydrogen (secondary N) is 7. The van der Waals surface area contributed by atoms with E-state index in [9.17, 15) is 58.8 Å². The van der Waals surface area contributed by atoms with Crippen LogP contribution in [0.3, 0.4) is 0 Å². The van der Waals surface area contributed by atoms with Gasteiger partial charge in [-0.1, -0.05) is 114 Å². The second-order valence-corrected chi connectivity index (χ2v) is 15.9. The van der Waals surface area contributed by atoms with Gasteiger partial charge in [-0.05, 0) is 18.9 Å². The number of unbranched alkanes of at least 4 members (excludes halogenated alkanes) is 12. The summed E-state index contributed by atoms with van der Waals surface area (Å²) in [4.78, 5) is 109. The van der Waals surface area contributed by atoms with Gasteiger partial charge in [0.1, 0.15) is 36.3 Å². The topological polar surface area (TPSA) is 318 Å². The van der Waals surface area contributed by atoms with E-state index in [2.05, 4.69) is 48.8 Å². The van der Waals surface area contributed by atoms with Crippen molar-refractivity contribution < 1.29 is 58.8 Å². The zero-order valence-corrected chi connectivity index (χ0v) is 36.9. The molecule has 2 aromatic rings. The van der Waals surface area contributed by atoms with Crippen LogP contribution in [0.5, 0.6) is 0 Å². The summed E-state index contributed by atoms with van der Waals surface area (Å²) in [6.07, 6.45) is 16.3. The number of hydrogen-bond donors (Lipinski definition) is 11. The Balaban J connectivity index is 2.01. The first kappa shape index (κ1) is 54.2. The normalized spacial score (nSPS) is 13.8. The highest BCUT2D eigenvalue weighted by molar-refractivity contribution is 5.97. The van der Waals surface area contributed by atoms with E-state index in [0.29, 0.717) is 17.7 Å². The highest BCUT2D eigenvalue weighted by atomic mass is 16.4. The SMILES string of the molecule is CCCCCCCCCCCCCCCC(=O)N[C@@H](CC(=O)O)C(=O)N[C@@H](C)C(=O)NC(Cc1cnc[nH]1)C(=O)N[C@@H](CO)C(=O)N[C@@H](Cc1ccccc1)C(=O)N[C@@H](CO)C(=O)O. The summed E-state index contributed by atoms with van der Waals surface area (Å²) < 4.78 is 0. The van der Waals surface area contributed by atoms with Gasteiger partial charge in [0.25, 0.3) is 0 Å². The second-order valence-electron chi connectivity index (χ2n) is 15.9. The maximum Gasteiger partial charge on any atom is 0.328 e. The maximum atomic E-state index is 13.7. The number of hydrogen-bond acceptors (Lipinski definition) is 11. The molecule has 0 bridgehead atoms. The van der Waals surface area contributed by atoms with E-state index >= 15 is 0 Å². The van der Waals surface area contributed by atoms with Crippen LogP contribution < -0.4 is 31.9 Å². The first-order chi connectivity index (χ1) is 30.7. The predicted octanol–water partition coefficient (Wildman–Crippen LogP) is 1.15. The van der Waals surface area contributed by atoms with Gasteiger partial charge in [0, 0.05) is 31.2 Å². The summed E-state index contributed by atoms with van der Waals surface area (Å²) in [6, 6.07) is -0.754.